The van der Waals surface area contributed by atoms with Crippen molar-refractivity contribution in [1.29, 1.82) is 5.26 Å². The fourth-order valence-corrected chi connectivity index (χ4v) is 3.38. The van der Waals surface area contributed by atoms with Gasteiger partial charge in [0.2, 0.25) is 0 Å². The third-order valence-corrected chi connectivity index (χ3v) is 5.35. The van der Waals surface area contributed by atoms with Crippen molar-refractivity contribution in [2.75, 3.05) is 12.3 Å². The average molecular weight is 308 g/mol. The third kappa shape index (κ3) is 5.86. The normalized spacial score (nSPS) is 14.4. The number of sulfone groups is 1. The molecule has 116 valence electrons. The fourth-order valence-electron chi connectivity index (χ4n) is 2.17. The van der Waals surface area contributed by atoms with Crippen LogP contribution in [0, 0.1) is 17.2 Å². The van der Waals surface area contributed by atoms with Gasteiger partial charge in [0.1, 0.15) is 0 Å². The molecule has 21 heavy (non-hydrogen) atoms. The van der Waals surface area contributed by atoms with E-state index in [1.54, 1.807) is 18.2 Å². The van der Waals surface area contributed by atoms with Gasteiger partial charge in [-0.05, 0) is 37.5 Å². The van der Waals surface area contributed by atoms with Gasteiger partial charge in [-0.15, -0.1) is 0 Å². The zero-order chi connectivity index (χ0) is 15.9. The Morgan fingerprint density at radius 2 is 2.05 bits per heavy atom. The van der Waals surface area contributed by atoms with Gasteiger partial charge in [0, 0.05) is 12.6 Å². The molecule has 4 nitrogen and oxygen atoms in total. The largest absolute Gasteiger partial charge is 0.313 e. The minimum absolute atomic E-state index is 0.0483. The molecule has 0 bridgehead atoms. The molecule has 1 aromatic carbocycles. The summed E-state index contributed by atoms with van der Waals surface area (Å²) >= 11 is 0. The number of nitrogens with one attached hydrogen (secondary N) is 1. The van der Waals surface area contributed by atoms with Gasteiger partial charge >= 0.3 is 0 Å². The van der Waals surface area contributed by atoms with Gasteiger partial charge in [0.05, 0.1) is 22.3 Å². The van der Waals surface area contributed by atoms with E-state index < -0.39 is 9.84 Å². The maximum atomic E-state index is 12.2. The summed E-state index contributed by atoms with van der Waals surface area (Å²) in [6, 6.07) is 8.44. The highest BCUT2D eigenvalue weighted by Crippen LogP contribution is 2.13. The molecule has 0 saturated heterocycles. The molecule has 1 N–H and O–H groups in total. The lowest BCUT2D eigenvalue weighted by atomic mass is 10.0. The second kappa shape index (κ2) is 8.16. The Kier molecular flexibility index (Phi) is 6.86. The number of hydrogen-bond donors (Lipinski definition) is 1. The van der Waals surface area contributed by atoms with Crippen LogP contribution in [0.15, 0.2) is 29.2 Å². The minimum Gasteiger partial charge on any atom is -0.313 e. The van der Waals surface area contributed by atoms with E-state index in [2.05, 4.69) is 26.1 Å². The molecule has 0 aliphatic carbocycles. The van der Waals surface area contributed by atoms with E-state index in [0.29, 0.717) is 24.1 Å². The standard InChI is InChI=1S/C16H24N2O2S/c1-4-13(2)10-14(3)18-8-9-21(19,20)16-7-5-6-15(11-16)12-17/h5-7,11,13-14,18H,4,8-10H2,1-3H3. The number of benzene rings is 1. The van der Waals surface area contributed by atoms with Crippen molar-refractivity contribution in [3.05, 3.63) is 29.8 Å². The van der Waals surface area contributed by atoms with Crippen LogP contribution in [0.5, 0.6) is 0 Å². The summed E-state index contributed by atoms with van der Waals surface area (Å²) < 4.78 is 24.4. The molecule has 0 radical (unpaired) electrons. The molecule has 0 fully saturated rings. The maximum Gasteiger partial charge on any atom is 0.179 e. The highest BCUT2D eigenvalue weighted by atomic mass is 32.2. The third-order valence-electron chi connectivity index (χ3n) is 3.64. The Morgan fingerprint density at radius 1 is 1.33 bits per heavy atom. The fraction of sp³-hybridized carbons (Fsp3) is 0.562. The van der Waals surface area contributed by atoms with Crippen molar-refractivity contribution < 1.29 is 8.42 Å². The van der Waals surface area contributed by atoms with Gasteiger partial charge in [-0.25, -0.2) is 8.42 Å². The first-order chi connectivity index (χ1) is 9.89. The van der Waals surface area contributed by atoms with Crippen molar-refractivity contribution >= 4 is 9.84 Å². The van der Waals surface area contributed by atoms with Gasteiger partial charge in [-0.2, -0.15) is 5.26 Å². The summed E-state index contributed by atoms with van der Waals surface area (Å²) in [5.41, 5.74) is 0.370. The minimum atomic E-state index is -3.34. The summed E-state index contributed by atoms with van der Waals surface area (Å²) in [5.74, 6) is 0.684. The van der Waals surface area contributed by atoms with E-state index in [9.17, 15) is 8.42 Å². The van der Waals surface area contributed by atoms with Crippen LogP contribution in [0.3, 0.4) is 0 Å². The molecule has 2 unspecified atom stereocenters. The SMILES string of the molecule is CCC(C)CC(C)NCCS(=O)(=O)c1cccc(C#N)c1. The van der Waals surface area contributed by atoms with Crippen LogP contribution >= 0.6 is 0 Å². The molecule has 1 rings (SSSR count). The number of nitrogens with zero attached hydrogens (tertiary/aromatic N) is 1. The highest BCUT2D eigenvalue weighted by Gasteiger charge is 2.15. The van der Waals surface area contributed by atoms with Crippen LogP contribution in [0.25, 0.3) is 0 Å². The highest BCUT2D eigenvalue weighted by molar-refractivity contribution is 7.91. The Balaban J connectivity index is 2.56. The van der Waals surface area contributed by atoms with Crippen molar-refractivity contribution in [2.45, 2.75) is 44.6 Å². The van der Waals surface area contributed by atoms with Gasteiger partial charge in [0.15, 0.2) is 9.84 Å². The van der Waals surface area contributed by atoms with E-state index in [1.807, 2.05) is 6.07 Å². The molecule has 0 aliphatic rings. The topological polar surface area (TPSA) is 70.0 Å². The van der Waals surface area contributed by atoms with Crippen LogP contribution in [-0.2, 0) is 9.84 Å². The lowest BCUT2D eigenvalue weighted by molar-refractivity contribution is 0.419. The first-order valence-electron chi connectivity index (χ1n) is 7.35. The lowest BCUT2D eigenvalue weighted by Gasteiger charge is -2.17. The molecule has 0 aromatic heterocycles. The maximum absolute atomic E-state index is 12.2. The Bertz CT molecular complexity index is 591. The Morgan fingerprint density at radius 3 is 2.67 bits per heavy atom. The predicted molar refractivity (Wildman–Crippen MR) is 84.7 cm³/mol. The zero-order valence-corrected chi connectivity index (χ0v) is 13.8. The Labute approximate surface area is 128 Å². The summed E-state index contributed by atoms with van der Waals surface area (Å²) in [6.07, 6.45) is 2.17. The van der Waals surface area contributed by atoms with Crippen LogP contribution < -0.4 is 5.32 Å². The molecule has 5 heteroatoms. The van der Waals surface area contributed by atoms with Gasteiger partial charge in [0.25, 0.3) is 0 Å². The van der Waals surface area contributed by atoms with E-state index in [1.165, 1.54) is 6.07 Å². The van der Waals surface area contributed by atoms with Crippen molar-refractivity contribution in [1.82, 2.24) is 5.32 Å². The zero-order valence-electron chi connectivity index (χ0n) is 13.0. The molecular formula is C16H24N2O2S. The number of nitriles is 1. The van der Waals surface area contributed by atoms with Crippen molar-refractivity contribution in [3.8, 4) is 6.07 Å². The van der Waals surface area contributed by atoms with Crippen LogP contribution in [0.2, 0.25) is 0 Å². The molecule has 1 aromatic rings. The summed E-state index contributed by atoms with van der Waals surface area (Å²) in [7, 11) is -3.34. The number of hydrogen-bond acceptors (Lipinski definition) is 4. The predicted octanol–water partition coefficient (Wildman–Crippen LogP) is 2.75. The summed E-state index contributed by atoms with van der Waals surface area (Å²) in [6.45, 7) is 6.86. The second-order valence-electron chi connectivity index (χ2n) is 5.56. The summed E-state index contributed by atoms with van der Waals surface area (Å²) in [5, 5.41) is 12.1. The molecule has 0 amide bonds. The summed E-state index contributed by atoms with van der Waals surface area (Å²) in [4.78, 5) is 0.220. The van der Waals surface area contributed by atoms with E-state index >= 15 is 0 Å². The molecule has 0 spiro atoms. The molecule has 2 atom stereocenters. The molecule has 0 heterocycles. The van der Waals surface area contributed by atoms with Gasteiger partial charge in [-0.3, -0.25) is 0 Å². The molecule has 0 saturated carbocycles. The second-order valence-corrected chi connectivity index (χ2v) is 7.67. The first-order valence-corrected chi connectivity index (χ1v) is 9.00. The lowest BCUT2D eigenvalue weighted by Crippen LogP contribution is -2.32. The number of rotatable bonds is 8. The van der Waals surface area contributed by atoms with Crippen molar-refractivity contribution in [2.24, 2.45) is 5.92 Å². The van der Waals surface area contributed by atoms with Crippen LogP contribution in [-0.4, -0.2) is 26.8 Å². The first kappa shape index (κ1) is 17.7. The van der Waals surface area contributed by atoms with Crippen molar-refractivity contribution in [3.63, 3.8) is 0 Å². The van der Waals surface area contributed by atoms with Gasteiger partial charge < -0.3 is 5.32 Å². The van der Waals surface area contributed by atoms with E-state index in [4.69, 9.17) is 5.26 Å². The smallest absolute Gasteiger partial charge is 0.179 e. The van der Waals surface area contributed by atoms with Gasteiger partial charge in [-0.1, -0.05) is 26.3 Å². The van der Waals surface area contributed by atoms with E-state index in [-0.39, 0.29) is 10.6 Å². The van der Waals surface area contributed by atoms with Crippen LogP contribution in [0.4, 0.5) is 0 Å². The molecular weight excluding hydrogens is 284 g/mol. The van der Waals surface area contributed by atoms with E-state index in [0.717, 1.165) is 12.8 Å². The quantitative estimate of drug-likeness (QED) is 0.801. The monoisotopic (exact) mass is 308 g/mol. The van der Waals surface area contributed by atoms with Crippen LogP contribution in [0.1, 0.15) is 39.2 Å². The Hall–Kier alpha value is -1.38. The molecule has 0 aliphatic heterocycles. The average Bonchev–Trinajstić information content (AvgIpc) is 2.46.